The summed E-state index contributed by atoms with van der Waals surface area (Å²) in [6.45, 7) is 0. The normalized spacial score (nSPS) is 14.2. The van der Waals surface area contributed by atoms with Gasteiger partial charge in [0.1, 0.15) is 12.0 Å². The summed E-state index contributed by atoms with van der Waals surface area (Å²) in [4.78, 5) is 11.1. The number of fused-ring (bicyclic) bond motifs is 14. The highest BCUT2D eigenvalue weighted by atomic mass is 32.1. The Labute approximate surface area is 404 Å². The number of hydrogen-bond donors (Lipinski definition) is 1. The summed E-state index contributed by atoms with van der Waals surface area (Å²) >= 11 is 3.70. The number of aliphatic imine (C=N–C) groups is 2. The van der Waals surface area contributed by atoms with Crippen molar-refractivity contribution >= 4 is 129 Å². The monoisotopic (exact) mass is 914 g/mol. The maximum atomic E-state index is 5.63. The van der Waals surface area contributed by atoms with Crippen molar-refractivity contribution in [1.82, 2.24) is 9.88 Å². The molecule has 0 spiro atoms. The number of hydrogen-bond acceptors (Lipinski definition) is 5. The van der Waals surface area contributed by atoms with E-state index in [0.717, 1.165) is 44.8 Å². The third-order valence-electron chi connectivity index (χ3n) is 14.2. The smallest absolute Gasteiger partial charge is 0.159 e. The van der Waals surface area contributed by atoms with Gasteiger partial charge < -0.3 is 9.88 Å². The number of nitrogens with one attached hydrogen (secondary N) is 1. The van der Waals surface area contributed by atoms with Gasteiger partial charge in [-0.05, 0) is 91.5 Å². The third-order valence-corrected chi connectivity index (χ3v) is 16.6. The van der Waals surface area contributed by atoms with Crippen molar-refractivity contribution in [3.05, 3.63) is 235 Å². The third kappa shape index (κ3) is 5.99. The first-order chi connectivity index (χ1) is 34.2. The Balaban J connectivity index is 1.04. The van der Waals surface area contributed by atoms with Crippen molar-refractivity contribution in [1.29, 1.82) is 0 Å². The van der Waals surface area contributed by atoms with E-state index in [1.165, 1.54) is 89.0 Å². The zero-order valence-corrected chi connectivity index (χ0v) is 38.7. The van der Waals surface area contributed by atoms with Gasteiger partial charge in [0, 0.05) is 57.5 Å². The van der Waals surface area contributed by atoms with Gasteiger partial charge in [0.15, 0.2) is 5.84 Å². The molecule has 1 N–H and O–H groups in total. The second-order valence-corrected chi connectivity index (χ2v) is 20.2. The predicted molar refractivity (Wildman–Crippen MR) is 296 cm³/mol. The largest absolute Gasteiger partial charge is 0.344 e. The molecule has 14 aromatic rings. The van der Waals surface area contributed by atoms with E-state index in [-0.39, 0.29) is 0 Å². The molecule has 11 aromatic carbocycles. The SMILES string of the molecule is c1ccc(-c2cccc(C3N=C(c4ccc5c(c4)sc4ccccc45)N=C(c4ccc5c(sc6c7ccccc7ccc56)c4-n4c5cc6ccccc6cc5c5c6ccccc6ccc54)N3)c2)cc1. The second kappa shape index (κ2) is 15.0. The minimum Gasteiger partial charge on any atom is -0.344 e. The fraction of sp³-hybridized carbons (Fsp3) is 0.0159. The van der Waals surface area contributed by atoms with E-state index in [4.69, 9.17) is 9.98 Å². The van der Waals surface area contributed by atoms with E-state index in [2.05, 4.69) is 228 Å². The van der Waals surface area contributed by atoms with Gasteiger partial charge in [-0.3, -0.25) is 0 Å². The van der Waals surface area contributed by atoms with Crippen LogP contribution in [0.2, 0.25) is 0 Å². The van der Waals surface area contributed by atoms with Crippen LogP contribution in [0.3, 0.4) is 0 Å². The van der Waals surface area contributed by atoms with E-state index >= 15 is 0 Å². The van der Waals surface area contributed by atoms with Crippen LogP contribution in [0.1, 0.15) is 22.9 Å². The Morgan fingerprint density at radius 3 is 1.94 bits per heavy atom. The molecule has 4 nitrogen and oxygen atoms in total. The average molecular weight is 915 g/mol. The van der Waals surface area contributed by atoms with E-state index < -0.39 is 6.17 Å². The molecule has 1 aliphatic heterocycles. The number of nitrogens with zero attached hydrogens (tertiary/aromatic N) is 3. The van der Waals surface area contributed by atoms with Crippen LogP contribution in [0.5, 0.6) is 0 Å². The Bertz CT molecular complexity index is 4530. The Kier molecular flexibility index (Phi) is 8.43. The minimum atomic E-state index is -0.421. The fourth-order valence-corrected chi connectivity index (χ4v) is 13.5. The average Bonchev–Trinajstić information content (AvgIpc) is 4.09. The summed E-state index contributed by atoms with van der Waals surface area (Å²) in [5.41, 5.74) is 8.79. The highest BCUT2D eigenvalue weighted by Crippen LogP contribution is 2.47. The van der Waals surface area contributed by atoms with Crippen LogP contribution in [0.4, 0.5) is 0 Å². The molecule has 3 aromatic heterocycles. The van der Waals surface area contributed by atoms with Gasteiger partial charge in [-0.1, -0.05) is 176 Å². The van der Waals surface area contributed by atoms with Crippen molar-refractivity contribution in [3.8, 4) is 16.8 Å². The van der Waals surface area contributed by atoms with E-state index in [9.17, 15) is 0 Å². The lowest BCUT2D eigenvalue weighted by molar-refractivity contribution is 0.674. The summed E-state index contributed by atoms with van der Waals surface area (Å²) in [6, 6.07) is 79.8. The molecule has 322 valence electrons. The first-order valence-electron chi connectivity index (χ1n) is 23.4. The molecule has 1 aliphatic rings. The van der Waals surface area contributed by atoms with Crippen LogP contribution in [0, 0.1) is 0 Å². The van der Waals surface area contributed by atoms with Gasteiger partial charge in [-0.2, -0.15) is 0 Å². The molecule has 6 heteroatoms. The lowest BCUT2D eigenvalue weighted by Gasteiger charge is -2.26. The predicted octanol–water partition coefficient (Wildman–Crippen LogP) is 17.1. The number of thiophene rings is 2. The van der Waals surface area contributed by atoms with Crippen LogP contribution in [-0.4, -0.2) is 16.2 Å². The zero-order valence-electron chi connectivity index (χ0n) is 37.0. The number of rotatable bonds is 5. The Morgan fingerprint density at radius 2 is 1.07 bits per heavy atom. The zero-order chi connectivity index (χ0) is 45.2. The maximum absolute atomic E-state index is 5.63. The topological polar surface area (TPSA) is 41.7 Å². The number of amidine groups is 2. The van der Waals surface area contributed by atoms with E-state index in [0.29, 0.717) is 5.84 Å². The lowest BCUT2D eigenvalue weighted by Crippen LogP contribution is -2.34. The standard InChI is InChI=1S/C63H38N4S2/c1-2-13-37(14-3-1)40-19-12-20-43(33-40)61-64-62(44-26-28-48-47-23-10-11-24-55(47)68-56(48)36-44)66-63(65-61)51-31-30-50-49-29-25-39-16-7-9-22-46(39)59(49)69-60(50)58(51)67-53-32-27-38-15-6-8-21-45(38)57(53)52-34-41-17-4-5-18-42(41)35-54(52)67/h1-36,61H,(H,64,65,66). The summed E-state index contributed by atoms with van der Waals surface area (Å²) in [6.07, 6.45) is -0.421. The molecule has 0 radical (unpaired) electrons. The molecule has 0 aliphatic carbocycles. The van der Waals surface area contributed by atoms with Gasteiger partial charge in [-0.25, -0.2) is 9.98 Å². The van der Waals surface area contributed by atoms with Gasteiger partial charge >= 0.3 is 0 Å². The molecule has 1 atom stereocenters. The summed E-state index contributed by atoms with van der Waals surface area (Å²) in [5, 5.41) is 18.8. The number of benzene rings is 11. The molecular formula is C63H38N4S2. The molecule has 15 rings (SSSR count). The first-order valence-corrected chi connectivity index (χ1v) is 25.0. The number of aromatic nitrogens is 1. The summed E-state index contributed by atoms with van der Waals surface area (Å²) in [7, 11) is 0. The molecule has 0 saturated heterocycles. The van der Waals surface area contributed by atoms with Crippen LogP contribution in [-0.2, 0) is 0 Å². The molecule has 1 unspecified atom stereocenters. The first kappa shape index (κ1) is 38.7. The lowest BCUT2D eigenvalue weighted by atomic mass is 10.0. The Hall–Kier alpha value is -8.42. The Morgan fingerprint density at radius 1 is 0.406 bits per heavy atom. The van der Waals surface area contributed by atoms with Crippen molar-refractivity contribution in [2.75, 3.05) is 0 Å². The van der Waals surface area contributed by atoms with Crippen molar-refractivity contribution in [3.63, 3.8) is 0 Å². The fourth-order valence-electron chi connectivity index (χ4n) is 11.0. The molecular weight excluding hydrogens is 877 g/mol. The van der Waals surface area contributed by atoms with Crippen LogP contribution in [0.25, 0.3) is 111 Å². The molecule has 0 saturated carbocycles. The summed E-state index contributed by atoms with van der Waals surface area (Å²) < 4.78 is 7.53. The summed E-state index contributed by atoms with van der Waals surface area (Å²) in [5.74, 6) is 1.48. The van der Waals surface area contributed by atoms with Crippen LogP contribution < -0.4 is 5.32 Å². The van der Waals surface area contributed by atoms with Crippen molar-refractivity contribution in [2.45, 2.75) is 6.17 Å². The van der Waals surface area contributed by atoms with E-state index in [1.807, 2.05) is 22.7 Å². The molecule has 69 heavy (non-hydrogen) atoms. The molecule has 0 bridgehead atoms. The van der Waals surface area contributed by atoms with E-state index in [1.54, 1.807) is 0 Å². The van der Waals surface area contributed by atoms with Gasteiger partial charge in [0.25, 0.3) is 0 Å². The molecule has 4 heterocycles. The maximum Gasteiger partial charge on any atom is 0.159 e. The van der Waals surface area contributed by atoms with Crippen molar-refractivity contribution in [2.24, 2.45) is 9.98 Å². The second-order valence-electron chi connectivity index (χ2n) is 18.1. The molecule has 0 fully saturated rings. The van der Waals surface area contributed by atoms with Gasteiger partial charge in [0.2, 0.25) is 0 Å². The molecule has 0 amide bonds. The highest BCUT2D eigenvalue weighted by Gasteiger charge is 2.28. The van der Waals surface area contributed by atoms with Crippen LogP contribution >= 0.6 is 22.7 Å². The van der Waals surface area contributed by atoms with Gasteiger partial charge in [-0.15, -0.1) is 22.7 Å². The highest BCUT2D eigenvalue weighted by molar-refractivity contribution is 7.27. The quantitative estimate of drug-likeness (QED) is 0.184. The van der Waals surface area contributed by atoms with Crippen molar-refractivity contribution < 1.29 is 0 Å². The van der Waals surface area contributed by atoms with Gasteiger partial charge in [0.05, 0.1) is 21.4 Å². The van der Waals surface area contributed by atoms with Crippen LogP contribution in [0.15, 0.2) is 228 Å². The minimum absolute atomic E-state index is 0.421.